The lowest BCUT2D eigenvalue weighted by Gasteiger charge is -2.15. The molecule has 0 spiro atoms. The van der Waals surface area contributed by atoms with Crippen LogP contribution in [0.4, 0.5) is 5.69 Å². The summed E-state index contributed by atoms with van der Waals surface area (Å²) in [6, 6.07) is 11.0. The fourth-order valence-corrected chi connectivity index (χ4v) is 2.66. The molecule has 0 saturated carbocycles. The number of hydrogen-bond donors (Lipinski definition) is 1. The first-order valence-corrected chi connectivity index (χ1v) is 8.46. The molecule has 2 aromatic carbocycles. The van der Waals surface area contributed by atoms with Gasteiger partial charge in [-0.05, 0) is 44.0 Å². The first kappa shape index (κ1) is 18.1. The number of para-hydroxylation sites is 1. The summed E-state index contributed by atoms with van der Waals surface area (Å²) in [5.41, 5.74) is 2.30. The van der Waals surface area contributed by atoms with Crippen molar-refractivity contribution in [3.8, 4) is 11.5 Å². The highest BCUT2D eigenvalue weighted by Crippen LogP contribution is 2.37. The van der Waals surface area contributed by atoms with Gasteiger partial charge >= 0.3 is 0 Å². The summed E-state index contributed by atoms with van der Waals surface area (Å²) < 4.78 is 11.1. The monoisotopic (exact) mass is 347 g/mol. The van der Waals surface area contributed by atoms with Crippen LogP contribution in [0.5, 0.6) is 11.5 Å². The molecule has 0 aliphatic carbocycles. The van der Waals surface area contributed by atoms with Crippen LogP contribution in [-0.2, 0) is 6.42 Å². The molecule has 0 aliphatic heterocycles. The van der Waals surface area contributed by atoms with E-state index >= 15 is 0 Å². The molecule has 1 amide bonds. The Balaban J connectivity index is 2.32. The Morgan fingerprint density at radius 2 is 1.79 bits per heavy atom. The average molecular weight is 348 g/mol. The van der Waals surface area contributed by atoms with Gasteiger partial charge in [-0.3, -0.25) is 4.79 Å². The Morgan fingerprint density at radius 1 is 1.08 bits per heavy atom. The molecule has 128 valence electrons. The van der Waals surface area contributed by atoms with Gasteiger partial charge in [-0.2, -0.15) is 0 Å². The second kappa shape index (κ2) is 8.60. The molecule has 0 saturated heterocycles. The third-order valence-electron chi connectivity index (χ3n) is 3.51. The smallest absolute Gasteiger partial charge is 0.255 e. The average Bonchev–Trinajstić information content (AvgIpc) is 2.58. The van der Waals surface area contributed by atoms with Gasteiger partial charge in [0, 0.05) is 11.3 Å². The number of rotatable bonds is 7. The van der Waals surface area contributed by atoms with Gasteiger partial charge in [0.2, 0.25) is 0 Å². The van der Waals surface area contributed by atoms with Crippen molar-refractivity contribution in [2.75, 3.05) is 18.5 Å². The van der Waals surface area contributed by atoms with Crippen molar-refractivity contribution >= 4 is 23.2 Å². The molecular weight excluding hydrogens is 326 g/mol. The van der Waals surface area contributed by atoms with Gasteiger partial charge in [-0.25, -0.2) is 0 Å². The van der Waals surface area contributed by atoms with E-state index in [9.17, 15) is 4.79 Å². The number of aryl methyl sites for hydroxylation is 1. The summed E-state index contributed by atoms with van der Waals surface area (Å²) in [4.78, 5) is 12.6. The lowest BCUT2D eigenvalue weighted by molar-refractivity contribution is 0.102. The molecule has 0 radical (unpaired) electrons. The molecule has 0 atom stereocenters. The van der Waals surface area contributed by atoms with E-state index in [4.69, 9.17) is 21.1 Å². The fraction of sp³-hybridized carbons (Fsp3) is 0.316. The molecule has 2 rings (SSSR count). The van der Waals surface area contributed by atoms with Gasteiger partial charge in [0.25, 0.3) is 5.91 Å². The molecule has 24 heavy (non-hydrogen) atoms. The lowest BCUT2D eigenvalue weighted by Crippen LogP contribution is -2.14. The number of anilines is 1. The quantitative estimate of drug-likeness (QED) is 0.770. The van der Waals surface area contributed by atoms with E-state index < -0.39 is 0 Å². The highest BCUT2D eigenvalue weighted by molar-refractivity contribution is 6.32. The van der Waals surface area contributed by atoms with Crippen LogP contribution >= 0.6 is 11.6 Å². The Morgan fingerprint density at radius 3 is 2.46 bits per heavy atom. The Labute approximate surface area is 147 Å². The summed E-state index contributed by atoms with van der Waals surface area (Å²) >= 11 is 6.27. The van der Waals surface area contributed by atoms with Crippen LogP contribution in [-0.4, -0.2) is 19.1 Å². The highest BCUT2D eigenvalue weighted by Gasteiger charge is 2.16. The van der Waals surface area contributed by atoms with Crippen molar-refractivity contribution in [3.05, 3.63) is 52.5 Å². The molecule has 1 N–H and O–H groups in total. The summed E-state index contributed by atoms with van der Waals surface area (Å²) in [6.07, 6.45) is 0.838. The molecule has 0 aliphatic rings. The first-order chi connectivity index (χ1) is 11.6. The number of nitrogens with one attached hydrogen (secondary N) is 1. The molecular formula is C19H22ClNO3. The van der Waals surface area contributed by atoms with Crippen LogP contribution in [0, 0.1) is 0 Å². The van der Waals surface area contributed by atoms with Crippen molar-refractivity contribution in [2.45, 2.75) is 27.2 Å². The normalized spacial score (nSPS) is 10.3. The summed E-state index contributed by atoms with van der Waals surface area (Å²) in [7, 11) is 0. The Kier molecular flexibility index (Phi) is 6.50. The van der Waals surface area contributed by atoms with Gasteiger partial charge in [-0.15, -0.1) is 0 Å². The predicted molar refractivity (Wildman–Crippen MR) is 97.6 cm³/mol. The van der Waals surface area contributed by atoms with Crippen LogP contribution in [0.25, 0.3) is 0 Å². The summed E-state index contributed by atoms with van der Waals surface area (Å²) in [5.74, 6) is 0.703. The van der Waals surface area contributed by atoms with Crippen LogP contribution in [0.1, 0.15) is 36.7 Å². The fourth-order valence-electron chi connectivity index (χ4n) is 2.39. The van der Waals surface area contributed by atoms with E-state index in [1.54, 1.807) is 12.1 Å². The van der Waals surface area contributed by atoms with Crippen molar-refractivity contribution in [1.82, 2.24) is 0 Å². The standard InChI is InChI=1S/C19H22ClNO3/c1-4-13-9-7-8-10-16(13)21-19(22)14-11-15(20)18(24-6-3)17(12-14)23-5-2/h7-12H,4-6H2,1-3H3,(H,21,22). The Bertz CT molecular complexity index is 716. The topological polar surface area (TPSA) is 47.6 Å². The van der Waals surface area contributed by atoms with Gasteiger partial charge in [0.1, 0.15) is 0 Å². The van der Waals surface area contributed by atoms with Crippen LogP contribution in [0.2, 0.25) is 5.02 Å². The van der Waals surface area contributed by atoms with Gasteiger partial charge < -0.3 is 14.8 Å². The SMILES string of the molecule is CCOc1cc(C(=O)Nc2ccccc2CC)cc(Cl)c1OCC. The molecule has 0 heterocycles. The van der Waals surface area contributed by atoms with E-state index in [1.165, 1.54) is 0 Å². The van der Waals surface area contributed by atoms with Gasteiger partial charge in [-0.1, -0.05) is 36.7 Å². The number of carbonyl (C=O) groups is 1. The maximum absolute atomic E-state index is 12.6. The zero-order chi connectivity index (χ0) is 17.5. The summed E-state index contributed by atoms with van der Waals surface area (Å²) in [6.45, 7) is 6.71. The molecule has 0 bridgehead atoms. The molecule has 0 aromatic heterocycles. The number of ether oxygens (including phenoxy) is 2. The molecule has 2 aromatic rings. The van der Waals surface area contributed by atoms with E-state index in [0.29, 0.717) is 35.3 Å². The van der Waals surface area contributed by atoms with Crippen LogP contribution in [0.15, 0.2) is 36.4 Å². The number of hydrogen-bond acceptors (Lipinski definition) is 3. The second-order valence-electron chi connectivity index (χ2n) is 5.12. The minimum atomic E-state index is -0.234. The number of carbonyl (C=O) groups excluding carboxylic acids is 1. The molecule has 5 heteroatoms. The zero-order valence-corrected chi connectivity index (χ0v) is 14.9. The Hall–Kier alpha value is -2.20. The largest absolute Gasteiger partial charge is 0.490 e. The highest BCUT2D eigenvalue weighted by atomic mass is 35.5. The molecule has 0 fully saturated rings. The van der Waals surface area contributed by atoms with Crippen LogP contribution in [0.3, 0.4) is 0 Å². The number of halogens is 1. The van der Waals surface area contributed by atoms with E-state index in [0.717, 1.165) is 17.7 Å². The zero-order valence-electron chi connectivity index (χ0n) is 14.2. The van der Waals surface area contributed by atoms with E-state index in [2.05, 4.69) is 5.32 Å². The third kappa shape index (κ3) is 4.20. The second-order valence-corrected chi connectivity index (χ2v) is 5.52. The minimum Gasteiger partial charge on any atom is -0.490 e. The van der Waals surface area contributed by atoms with E-state index in [-0.39, 0.29) is 5.91 Å². The molecule has 0 unspecified atom stereocenters. The maximum atomic E-state index is 12.6. The summed E-state index contributed by atoms with van der Waals surface area (Å²) in [5, 5.41) is 3.29. The van der Waals surface area contributed by atoms with Crippen LogP contribution < -0.4 is 14.8 Å². The van der Waals surface area contributed by atoms with Crippen molar-refractivity contribution < 1.29 is 14.3 Å². The number of benzene rings is 2. The third-order valence-corrected chi connectivity index (χ3v) is 3.79. The van der Waals surface area contributed by atoms with Crippen molar-refractivity contribution in [3.63, 3.8) is 0 Å². The molecule has 4 nitrogen and oxygen atoms in total. The minimum absolute atomic E-state index is 0.234. The van der Waals surface area contributed by atoms with Gasteiger partial charge in [0.15, 0.2) is 11.5 Å². The maximum Gasteiger partial charge on any atom is 0.255 e. The van der Waals surface area contributed by atoms with Gasteiger partial charge in [0.05, 0.1) is 18.2 Å². The van der Waals surface area contributed by atoms with E-state index in [1.807, 2.05) is 45.0 Å². The predicted octanol–water partition coefficient (Wildman–Crippen LogP) is 4.95. The lowest BCUT2D eigenvalue weighted by atomic mass is 10.1. The van der Waals surface area contributed by atoms with Crippen molar-refractivity contribution in [1.29, 1.82) is 0 Å². The van der Waals surface area contributed by atoms with Crippen molar-refractivity contribution in [2.24, 2.45) is 0 Å². The first-order valence-electron chi connectivity index (χ1n) is 8.09. The number of amides is 1.